The summed E-state index contributed by atoms with van der Waals surface area (Å²) in [5.74, 6) is 0.105. The summed E-state index contributed by atoms with van der Waals surface area (Å²) < 4.78 is 0. The fourth-order valence-electron chi connectivity index (χ4n) is 1.21. The van der Waals surface area contributed by atoms with Crippen LogP contribution in [0.5, 0.6) is 0 Å². The van der Waals surface area contributed by atoms with E-state index in [2.05, 4.69) is 24.5 Å². The molecule has 0 aromatic heterocycles. The van der Waals surface area contributed by atoms with E-state index in [0.29, 0.717) is 12.8 Å². The zero-order valence-electron chi connectivity index (χ0n) is 10.5. The van der Waals surface area contributed by atoms with Crippen LogP contribution in [-0.2, 0) is 4.79 Å². The molecule has 94 valence electrons. The number of hydrogen-bond acceptors (Lipinski definition) is 2. The molecule has 0 aliphatic heterocycles. The fourth-order valence-corrected chi connectivity index (χ4v) is 1.42. The smallest absolute Gasteiger partial charge is 0.220 e. The topological polar surface area (TPSA) is 41.1 Å². The first-order valence-corrected chi connectivity index (χ1v) is 6.64. The van der Waals surface area contributed by atoms with Crippen molar-refractivity contribution < 1.29 is 4.79 Å². The highest BCUT2D eigenvalue weighted by Crippen LogP contribution is 1.93. The van der Waals surface area contributed by atoms with Gasteiger partial charge in [0.15, 0.2) is 0 Å². The lowest BCUT2D eigenvalue weighted by Crippen LogP contribution is -2.27. The molecule has 2 N–H and O–H groups in total. The van der Waals surface area contributed by atoms with Gasteiger partial charge in [-0.3, -0.25) is 4.79 Å². The molecule has 0 aliphatic carbocycles. The number of hydrogen-bond donors (Lipinski definition) is 2. The quantitative estimate of drug-likeness (QED) is 0.483. The summed E-state index contributed by atoms with van der Waals surface area (Å²) in [4.78, 5) is 12.2. The van der Waals surface area contributed by atoms with Gasteiger partial charge in [-0.25, -0.2) is 0 Å². The van der Waals surface area contributed by atoms with E-state index in [-0.39, 0.29) is 5.91 Å². The van der Waals surface area contributed by atoms with Crippen molar-refractivity contribution in [1.82, 2.24) is 10.6 Å². The van der Waals surface area contributed by atoms with Crippen LogP contribution in [0.4, 0.5) is 0 Å². The zero-order chi connectivity index (χ0) is 12.2. The Morgan fingerprint density at radius 1 is 1.00 bits per heavy atom. The van der Waals surface area contributed by atoms with Gasteiger partial charge in [-0.15, -0.1) is 0 Å². The number of carbonyl (C=O) groups is 1. The summed E-state index contributed by atoms with van der Waals surface area (Å²) in [5, 5.41) is 6.04. The van der Waals surface area contributed by atoms with Crippen LogP contribution < -0.4 is 10.6 Å². The van der Waals surface area contributed by atoms with Crippen molar-refractivity contribution in [3.05, 3.63) is 0 Å². The summed E-state index contributed by atoms with van der Waals surface area (Å²) in [6.45, 7) is 5.96. The van der Waals surface area contributed by atoms with Gasteiger partial charge in [0.2, 0.25) is 5.91 Å². The predicted octanol–water partition coefficient (Wildman–Crippen LogP) is 2.40. The lowest BCUT2D eigenvalue weighted by molar-refractivity contribution is -0.120. The van der Waals surface area contributed by atoms with Gasteiger partial charge in [0.1, 0.15) is 0 Å². The fraction of sp³-hybridized carbons (Fsp3) is 0.833. The van der Waals surface area contributed by atoms with E-state index < -0.39 is 0 Å². The minimum atomic E-state index is 0.105. The maximum atomic E-state index is 11.4. The molecule has 0 heterocycles. The Morgan fingerprint density at radius 2 is 1.56 bits per heavy atom. The maximum Gasteiger partial charge on any atom is 0.220 e. The van der Waals surface area contributed by atoms with Crippen molar-refractivity contribution in [3.8, 4) is 0 Å². The first-order chi connectivity index (χ1) is 7.70. The third kappa shape index (κ3) is 9.90. The second kappa shape index (κ2) is 10.9. The summed E-state index contributed by atoms with van der Waals surface area (Å²) in [6, 6.07) is 0. The van der Waals surface area contributed by atoms with Crippen molar-refractivity contribution in [3.63, 3.8) is 0 Å². The second-order valence-corrected chi connectivity index (χ2v) is 4.40. The first-order valence-electron chi connectivity index (χ1n) is 6.24. The SMILES string of the molecule is CCCCNC(=O)CCC(=S)NCCCC. The van der Waals surface area contributed by atoms with Crippen molar-refractivity contribution in [1.29, 1.82) is 0 Å². The number of unbranched alkanes of at least 4 members (excludes halogenated alkanes) is 2. The first kappa shape index (κ1) is 15.4. The largest absolute Gasteiger partial charge is 0.380 e. The maximum absolute atomic E-state index is 11.4. The minimum Gasteiger partial charge on any atom is -0.380 e. The van der Waals surface area contributed by atoms with Gasteiger partial charge in [0.25, 0.3) is 0 Å². The van der Waals surface area contributed by atoms with E-state index >= 15 is 0 Å². The van der Waals surface area contributed by atoms with E-state index in [9.17, 15) is 4.79 Å². The lowest BCUT2D eigenvalue weighted by Gasteiger charge is -2.07. The van der Waals surface area contributed by atoms with Gasteiger partial charge in [-0.05, 0) is 12.8 Å². The molecule has 0 radical (unpaired) electrons. The van der Waals surface area contributed by atoms with Gasteiger partial charge in [-0.1, -0.05) is 38.9 Å². The summed E-state index contributed by atoms with van der Waals surface area (Å²) in [7, 11) is 0. The van der Waals surface area contributed by atoms with Crippen LogP contribution in [0, 0.1) is 0 Å². The van der Waals surface area contributed by atoms with Crippen molar-refractivity contribution >= 4 is 23.1 Å². The van der Waals surface area contributed by atoms with E-state index in [1.165, 1.54) is 0 Å². The van der Waals surface area contributed by atoms with Crippen LogP contribution in [-0.4, -0.2) is 24.0 Å². The summed E-state index contributed by atoms with van der Waals surface area (Å²) in [5.41, 5.74) is 0. The normalized spacial score (nSPS) is 9.88. The van der Waals surface area contributed by atoms with Gasteiger partial charge in [0.05, 0.1) is 4.99 Å². The van der Waals surface area contributed by atoms with E-state index in [4.69, 9.17) is 12.2 Å². The minimum absolute atomic E-state index is 0.105. The number of rotatable bonds is 9. The average molecular weight is 244 g/mol. The number of thiocarbonyl (C=S) groups is 1. The standard InChI is InChI=1S/C12H24N2OS/c1-3-5-9-13-11(15)7-8-12(16)14-10-6-4-2/h3-10H2,1-2H3,(H,13,15)(H,14,16). The van der Waals surface area contributed by atoms with Crippen molar-refractivity contribution in [2.24, 2.45) is 0 Å². The van der Waals surface area contributed by atoms with E-state index in [0.717, 1.165) is 43.8 Å². The Morgan fingerprint density at radius 3 is 2.12 bits per heavy atom. The molecule has 0 spiro atoms. The molecule has 0 fully saturated rings. The molecule has 0 aliphatic rings. The Labute approximate surface area is 104 Å². The van der Waals surface area contributed by atoms with Crippen LogP contribution in [0.2, 0.25) is 0 Å². The molecule has 0 rings (SSSR count). The molecular formula is C12H24N2OS. The third-order valence-corrected chi connectivity index (χ3v) is 2.63. The Kier molecular flexibility index (Phi) is 10.4. The highest BCUT2D eigenvalue weighted by molar-refractivity contribution is 7.80. The Balaban J connectivity index is 3.40. The number of amides is 1. The van der Waals surface area contributed by atoms with Gasteiger partial charge in [0, 0.05) is 25.9 Å². The monoisotopic (exact) mass is 244 g/mol. The van der Waals surface area contributed by atoms with Crippen molar-refractivity contribution in [2.75, 3.05) is 13.1 Å². The molecule has 0 bridgehead atoms. The van der Waals surface area contributed by atoms with Gasteiger partial charge < -0.3 is 10.6 Å². The van der Waals surface area contributed by atoms with Gasteiger partial charge in [-0.2, -0.15) is 0 Å². The summed E-state index contributed by atoms with van der Waals surface area (Å²) >= 11 is 5.13. The molecule has 0 aromatic carbocycles. The highest BCUT2D eigenvalue weighted by Gasteiger charge is 2.02. The highest BCUT2D eigenvalue weighted by atomic mass is 32.1. The Bertz CT molecular complexity index is 185. The van der Waals surface area contributed by atoms with Crippen LogP contribution in [0.25, 0.3) is 0 Å². The van der Waals surface area contributed by atoms with Crippen LogP contribution in [0.1, 0.15) is 52.4 Å². The van der Waals surface area contributed by atoms with Crippen LogP contribution in [0.3, 0.4) is 0 Å². The van der Waals surface area contributed by atoms with Gasteiger partial charge >= 0.3 is 0 Å². The molecule has 3 nitrogen and oxygen atoms in total. The average Bonchev–Trinajstić information content (AvgIpc) is 2.27. The number of carbonyl (C=O) groups excluding carboxylic acids is 1. The predicted molar refractivity (Wildman–Crippen MR) is 72.7 cm³/mol. The van der Waals surface area contributed by atoms with Crippen LogP contribution in [0.15, 0.2) is 0 Å². The summed E-state index contributed by atoms with van der Waals surface area (Å²) in [6.07, 6.45) is 5.61. The second-order valence-electron chi connectivity index (χ2n) is 3.91. The Hall–Kier alpha value is -0.640. The number of nitrogens with one attached hydrogen (secondary N) is 2. The molecule has 0 unspecified atom stereocenters. The zero-order valence-corrected chi connectivity index (χ0v) is 11.3. The molecule has 4 heteroatoms. The van der Waals surface area contributed by atoms with E-state index in [1.54, 1.807) is 0 Å². The lowest BCUT2D eigenvalue weighted by atomic mass is 10.2. The third-order valence-electron chi connectivity index (χ3n) is 2.28. The van der Waals surface area contributed by atoms with Crippen LogP contribution >= 0.6 is 12.2 Å². The molecule has 0 aromatic rings. The molecule has 0 atom stereocenters. The molecular weight excluding hydrogens is 220 g/mol. The molecule has 16 heavy (non-hydrogen) atoms. The molecule has 1 amide bonds. The van der Waals surface area contributed by atoms with Crippen molar-refractivity contribution in [2.45, 2.75) is 52.4 Å². The molecule has 0 saturated carbocycles. The molecule has 0 saturated heterocycles. The van der Waals surface area contributed by atoms with E-state index in [1.807, 2.05) is 0 Å².